The second kappa shape index (κ2) is 8.72. The number of carbonyl (C=O) groups is 1. The summed E-state index contributed by atoms with van der Waals surface area (Å²) in [4.78, 5) is 23.5. The summed E-state index contributed by atoms with van der Waals surface area (Å²) in [6.45, 7) is 7.26. The van der Waals surface area contributed by atoms with Gasteiger partial charge in [0, 0.05) is 49.2 Å². The molecule has 1 saturated heterocycles. The van der Waals surface area contributed by atoms with Crippen LogP contribution >= 0.6 is 11.3 Å². The molecule has 2 aromatic rings. The van der Waals surface area contributed by atoms with E-state index in [1.807, 2.05) is 11.1 Å². The Kier molecular flexibility index (Phi) is 6.09. The fourth-order valence-corrected chi connectivity index (χ4v) is 5.41. The molecular formula is C22H30N4OS. The minimum Gasteiger partial charge on any atom is -0.338 e. The van der Waals surface area contributed by atoms with Gasteiger partial charge in [-0.15, -0.1) is 11.3 Å². The van der Waals surface area contributed by atoms with E-state index in [2.05, 4.69) is 34.3 Å². The molecular weight excluding hydrogens is 368 g/mol. The van der Waals surface area contributed by atoms with Crippen LogP contribution in [0.3, 0.4) is 0 Å². The zero-order valence-corrected chi connectivity index (χ0v) is 17.5. The molecule has 2 aromatic heterocycles. The van der Waals surface area contributed by atoms with Crippen LogP contribution in [0.1, 0.15) is 51.8 Å². The van der Waals surface area contributed by atoms with Gasteiger partial charge in [0.2, 0.25) is 0 Å². The lowest BCUT2D eigenvalue weighted by molar-refractivity contribution is 0.0677. The fraction of sp³-hybridized carbons (Fsp3) is 0.545. The summed E-state index contributed by atoms with van der Waals surface area (Å²) >= 11 is 1.74. The highest BCUT2D eigenvalue weighted by Gasteiger charge is 2.29. The van der Waals surface area contributed by atoms with Crippen LogP contribution in [0.4, 0.5) is 0 Å². The molecule has 2 N–H and O–H groups in total. The van der Waals surface area contributed by atoms with Gasteiger partial charge in [0.1, 0.15) is 0 Å². The number of aryl methyl sites for hydroxylation is 1. The van der Waals surface area contributed by atoms with Gasteiger partial charge in [-0.3, -0.25) is 14.7 Å². The summed E-state index contributed by atoms with van der Waals surface area (Å²) in [5, 5.41) is 2.08. The maximum atomic E-state index is 13.1. The van der Waals surface area contributed by atoms with Crippen LogP contribution in [0.2, 0.25) is 0 Å². The molecule has 150 valence electrons. The smallest absolute Gasteiger partial charge is 0.254 e. The summed E-state index contributed by atoms with van der Waals surface area (Å²) in [7, 11) is 0. The number of likely N-dealkylation sites (tertiary alicyclic amines) is 1. The molecule has 2 aliphatic heterocycles. The zero-order chi connectivity index (χ0) is 19.5. The highest BCUT2D eigenvalue weighted by atomic mass is 32.1. The van der Waals surface area contributed by atoms with Gasteiger partial charge >= 0.3 is 0 Å². The van der Waals surface area contributed by atoms with Gasteiger partial charge in [-0.1, -0.05) is 13.0 Å². The average Bonchev–Trinajstić information content (AvgIpc) is 3.17. The van der Waals surface area contributed by atoms with Crippen LogP contribution in [-0.4, -0.2) is 46.9 Å². The van der Waals surface area contributed by atoms with Crippen molar-refractivity contribution in [1.82, 2.24) is 14.8 Å². The largest absolute Gasteiger partial charge is 0.338 e. The summed E-state index contributed by atoms with van der Waals surface area (Å²) in [6.07, 6.45) is 6.16. The molecule has 28 heavy (non-hydrogen) atoms. The first-order chi connectivity index (χ1) is 13.7. The number of amides is 1. The van der Waals surface area contributed by atoms with E-state index in [0.717, 1.165) is 69.7 Å². The van der Waals surface area contributed by atoms with Crippen molar-refractivity contribution in [3.63, 3.8) is 0 Å². The minimum absolute atomic E-state index is 0.209. The molecule has 0 saturated carbocycles. The Labute approximate surface area is 171 Å². The van der Waals surface area contributed by atoms with Gasteiger partial charge in [0.25, 0.3) is 5.91 Å². The van der Waals surface area contributed by atoms with Crippen LogP contribution in [-0.2, 0) is 25.9 Å². The van der Waals surface area contributed by atoms with E-state index >= 15 is 0 Å². The summed E-state index contributed by atoms with van der Waals surface area (Å²) in [5.74, 6) is 0.662. The van der Waals surface area contributed by atoms with E-state index in [1.54, 1.807) is 11.3 Å². The number of hydrogen-bond donors (Lipinski definition) is 1. The summed E-state index contributed by atoms with van der Waals surface area (Å²) < 4.78 is 0. The normalized spacial score (nSPS) is 20.2. The first kappa shape index (κ1) is 19.6. The number of nitrogens with two attached hydrogens (primary N) is 1. The van der Waals surface area contributed by atoms with E-state index in [-0.39, 0.29) is 5.91 Å². The molecule has 1 atom stereocenters. The van der Waals surface area contributed by atoms with E-state index in [9.17, 15) is 4.79 Å². The molecule has 5 nitrogen and oxygen atoms in total. The Bertz CT molecular complexity index is 816. The van der Waals surface area contributed by atoms with Crippen molar-refractivity contribution in [2.24, 2.45) is 11.7 Å². The molecule has 6 heteroatoms. The van der Waals surface area contributed by atoms with Crippen LogP contribution in [0.15, 0.2) is 23.7 Å². The van der Waals surface area contributed by atoms with Crippen molar-refractivity contribution in [1.29, 1.82) is 0 Å². The van der Waals surface area contributed by atoms with Crippen molar-refractivity contribution in [2.75, 3.05) is 26.2 Å². The monoisotopic (exact) mass is 398 g/mol. The van der Waals surface area contributed by atoms with E-state index in [0.29, 0.717) is 12.5 Å². The van der Waals surface area contributed by atoms with E-state index in [1.165, 1.54) is 16.0 Å². The fourth-order valence-electron chi connectivity index (χ4n) is 4.29. The van der Waals surface area contributed by atoms with Crippen molar-refractivity contribution in [3.8, 4) is 0 Å². The third kappa shape index (κ3) is 4.14. The molecule has 4 rings (SSSR count). The minimum atomic E-state index is 0.209. The van der Waals surface area contributed by atoms with Gasteiger partial charge in [-0.2, -0.15) is 0 Å². The molecule has 1 fully saturated rings. The molecule has 1 amide bonds. The number of carbonyl (C=O) groups excluding carboxylic acids is 1. The molecule has 0 aliphatic carbocycles. The summed E-state index contributed by atoms with van der Waals surface area (Å²) in [6, 6.07) is 4.31. The van der Waals surface area contributed by atoms with Gasteiger partial charge in [-0.25, -0.2) is 0 Å². The van der Waals surface area contributed by atoms with Gasteiger partial charge in [0.05, 0.1) is 11.3 Å². The number of fused-ring (bicyclic) bond motifs is 1. The van der Waals surface area contributed by atoms with Crippen molar-refractivity contribution in [3.05, 3.63) is 51.0 Å². The van der Waals surface area contributed by atoms with Crippen LogP contribution in [0.5, 0.6) is 0 Å². The van der Waals surface area contributed by atoms with Crippen LogP contribution in [0, 0.1) is 5.92 Å². The zero-order valence-electron chi connectivity index (χ0n) is 16.7. The number of aromatic nitrogens is 1. The molecule has 2 aliphatic rings. The maximum Gasteiger partial charge on any atom is 0.254 e. The van der Waals surface area contributed by atoms with Gasteiger partial charge in [-0.05, 0) is 55.3 Å². The van der Waals surface area contributed by atoms with E-state index in [4.69, 9.17) is 5.73 Å². The maximum absolute atomic E-state index is 13.1. The Morgan fingerprint density at radius 1 is 1.36 bits per heavy atom. The highest BCUT2D eigenvalue weighted by molar-refractivity contribution is 7.10. The van der Waals surface area contributed by atoms with Gasteiger partial charge in [0.15, 0.2) is 0 Å². The lowest BCUT2D eigenvalue weighted by atomic mass is 9.96. The molecule has 0 aromatic carbocycles. The molecule has 0 radical (unpaired) electrons. The lowest BCUT2D eigenvalue weighted by Gasteiger charge is -2.33. The second-order valence-electron chi connectivity index (χ2n) is 8.02. The molecule has 4 heterocycles. The number of hydrogen-bond acceptors (Lipinski definition) is 5. The van der Waals surface area contributed by atoms with E-state index < -0.39 is 0 Å². The number of nitrogens with zero attached hydrogens (tertiary/aromatic N) is 3. The number of piperidine rings is 1. The van der Waals surface area contributed by atoms with Crippen molar-refractivity contribution >= 4 is 17.2 Å². The quantitative estimate of drug-likeness (QED) is 0.841. The number of pyridine rings is 1. The highest BCUT2D eigenvalue weighted by Crippen LogP contribution is 2.31. The standard InChI is InChI=1S/C22H30N4OS/c1-2-16-5-6-18(24-11-16)13-25-9-7-19-20(15-28-21(19)14-25)22(27)26-8-3-4-17(10-23)12-26/h5-6,11,15,17H,2-4,7-10,12-14,23H2,1H3/t17-/m0/s1. The molecule has 0 unspecified atom stereocenters. The number of rotatable bonds is 5. The Morgan fingerprint density at radius 3 is 3.00 bits per heavy atom. The SMILES string of the molecule is CCc1ccc(CN2CCc3c(C(=O)N4CCC[C@@H](CN)C4)csc3C2)nc1. The van der Waals surface area contributed by atoms with Gasteiger partial charge < -0.3 is 10.6 Å². The third-order valence-electron chi connectivity index (χ3n) is 6.08. The number of thiophene rings is 1. The Morgan fingerprint density at radius 2 is 2.25 bits per heavy atom. The average molecular weight is 399 g/mol. The van der Waals surface area contributed by atoms with Crippen LogP contribution < -0.4 is 5.73 Å². The molecule has 0 spiro atoms. The van der Waals surface area contributed by atoms with Crippen molar-refractivity contribution < 1.29 is 4.79 Å². The Balaban J connectivity index is 1.42. The summed E-state index contributed by atoms with van der Waals surface area (Å²) in [5.41, 5.74) is 10.4. The lowest BCUT2D eigenvalue weighted by Crippen LogP contribution is -2.42. The van der Waals surface area contributed by atoms with Crippen molar-refractivity contribution in [2.45, 2.75) is 45.7 Å². The first-order valence-electron chi connectivity index (χ1n) is 10.4. The third-order valence-corrected chi connectivity index (χ3v) is 7.09. The Hall–Kier alpha value is -1.76. The first-order valence-corrected chi connectivity index (χ1v) is 11.3. The topological polar surface area (TPSA) is 62.5 Å². The predicted molar refractivity (Wildman–Crippen MR) is 113 cm³/mol. The van der Waals surface area contributed by atoms with Crippen LogP contribution in [0.25, 0.3) is 0 Å². The molecule has 0 bridgehead atoms. The predicted octanol–water partition coefficient (Wildman–Crippen LogP) is 3.07. The second-order valence-corrected chi connectivity index (χ2v) is 8.98.